The summed E-state index contributed by atoms with van der Waals surface area (Å²) in [5.41, 5.74) is 5.87. The molecule has 0 aliphatic heterocycles. The molecule has 0 aromatic carbocycles. The average Bonchev–Trinajstić information content (AvgIpc) is 2.74. The van der Waals surface area contributed by atoms with Gasteiger partial charge in [0.05, 0.1) is 17.8 Å². The molecule has 0 radical (unpaired) electrons. The molecule has 6 heteroatoms. The summed E-state index contributed by atoms with van der Waals surface area (Å²) in [7, 11) is 1.59. The van der Waals surface area contributed by atoms with E-state index in [9.17, 15) is 0 Å². The van der Waals surface area contributed by atoms with Crippen molar-refractivity contribution in [2.45, 2.75) is 25.3 Å². The van der Waals surface area contributed by atoms with Crippen LogP contribution in [-0.4, -0.2) is 29.7 Å². The summed E-state index contributed by atoms with van der Waals surface area (Å²) in [6.07, 6.45) is 5.08. The highest BCUT2D eigenvalue weighted by atomic mass is 79.9. The van der Waals surface area contributed by atoms with Crippen LogP contribution in [-0.2, 0) is 0 Å². The van der Waals surface area contributed by atoms with E-state index in [1.54, 1.807) is 13.3 Å². The SMILES string of the molecule is COc1nc(NCC2CCC(N)C2)ncc1Br. The molecule has 17 heavy (non-hydrogen) atoms. The molecule has 1 saturated carbocycles. The minimum Gasteiger partial charge on any atom is -0.480 e. The second-order valence-corrected chi connectivity index (χ2v) is 5.23. The van der Waals surface area contributed by atoms with Gasteiger partial charge in [-0.2, -0.15) is 4.98 Å². The van der Waals surface area contributed by atoms with E-state index >= 15 is 0 Å². The van der Waals surface area contributed by atoms with Crippen molar-refractivity contribution in [2.24, 2.45) is 11.7 Å². The Hall–Kier alpha value is -0.880. The third-order valence-electron chi connectivity index (χ3n) is 3.04. The molecule has 1 aliphatic carbocycles. The quantitative estimate of drug-likeness (QED) is 0.887. The highest BCUT2D eigenvalue weighted by molar-refractivity contribution is 9.10. The van der Waals surface area contributed by atoms with Gasteiger partial charge in [-0.1, -0.05) is 0 Å². The molecule has 0 bridgehead atoms. The number of nitrogens with two attached hydrogens (primary N) is 1. The minimum atomic E-state index is 0.363. The van der Waals surface area contributed by atoms with Gasteiger partial charge in [0.1, 0.15) is 0 Å². The van der Waals surface area contributed by atoms with Crippen LogP contribution in [0.5, 0.6) is 5.88 Å². The van der Waals surface area contributed by atoms with Crippen molar-refractivity contribution in [1.82, 2.24) is 9.97 Å². The first-order valence-corrected chi connectivity index (χ1v) is 6.54. The number of rotatable bonds is 4. The van der Waals surface area contributed by atoms with E-state index in [4.69, 9.17) is 10.5 Å². The maximum Gasteiger partial charge on any atom is 0.232 e. The van der Waals surface area contributed by atoms with Gasteiger partial charge >= 0.3 is 0 Å². The lowest BCUT2D eigenvalue weighted by atomic mass is 10.1. The summed E-state index contributed by atoms with van der Waals surface area (Å²) in [5.74, 6) is 1.78. The lowest BCUT2D eigenvalue weighted by molar-refractivity contribution is 0.394. The van der Waals surface area contributed by atoms with Gasteiger partial charge in [0.25, 0.3) is 0 Å². The summed E-state index contributed by atoms with van der Waals surface area (Å²) in [4.78, 5) is 8.43. The molecule has 1 aromatic rings. The lowest BCUT2D eigenvalue weighted by Gasteiger charge is -2.11. The predicted octanol–water partition coefficient (Wildman–Crippen LogP) is 1.79. The largest absolute Gasteiger partial charge is 0.480 e. The van der Waals surface area contributed by atoms with Crippen LogP contribution < -0.4 is 15.8 Å². The first-order valence-electron chi connectivity index (χ1n) is 5.75. The van der Waals surface area contributed by atoms with Gasteiger partial charge in [0.2, 0.25) is 11.8 Å². The highest BCUT2D eigenvalue weighted by Gasteiger charge is 2.21. The summed E-state index contributed by atoms with van der Waals surface area (Å²) < 4.78 is 5.87. The molecule has 1 fully saturated rings. The molecule has 0 saturated heterocycles. The first-order chi connectivity index (χ1) is 8.19. The van der Waals surface area contributed by atoms with Crippen molar-refractivity contribution in [3.8, 4) is 5.88 Å². The Bertz CT molecular complexity index is 388. The maximum atomic E-state index is 5.87. The Morgan fingerprint density at radius 1 is 1.59 bits per heavy atom. The fourth-order valence-electron chi connectivity index (χ4n) is 2.11. The Balaban J connectivity index is 1.90. The monoisotopic (exact) mass is 300 g/mol. The van der Waals surface area contributed by atoms with Crippen molar-refractivity contribution < 1.29 is 4.74 Å². The Kier molecular flexibility index (Phi) is 4.17. The molecule has 0 amide bonds. The van der Waals surface area contributed by atoms with Crippen LogP contribution in [0.3, 0.4) is 0 Å². The molecule has 0 spiro atoms. The van der Waals surface area contributed by atoms with E-state index in [-0.39, 0.29) is 0 Å². The molecule has 2 atom stereocenters. The summed E-state index contributed by atoms with van der Waals surface area (Å²) in [6.45, 7) is 0.873. The van der Waals surface area contributed by atoms with Crippen LogP contribution in [0.2, 0.25) is 0 Å². The Morgan fingerprint density at radius 3 is 3.06 bits per heavy atom. The summed E-state index contributed by atoms with van der Waals surface area (Å²) in [6, 6.07) is 0.363. The van der Waals surface area contributed by atoms with E-state index in [1.165, 1.54) is 6.42 Å². The fraction of sp³-hybridized carbons (Fsp3) is 0.636. The Morgan fingerprint density at radius 2 is 2.41 bits per heavy atom. The van der Waals surface area contributed by atoms with Crippen molar-refractivity contribution in [3.05, 3.63) is 10.7 Å². The molecule has 1 aliphatic rings. The van der Waals surface area contributed by atoms with Crippen molar-refractivity contribution in [2.75, 3.05) is 19.0 Å². The molecule has 2 unspecified atom stereocenters. The van der Waals surface area contributed by atoms with E-state index < -0.39 is 0 Å². The van der Waals surface area contributed by atoms with Gasteiger partial charge in [-0.3, -0.25) is 0 Å². The zero-order valence-corrected chi connectivity index (χ0v) is 11.4. The zero-order valence-electron chi connectivity index (χ0n) is 9.82. The third-order valence-corrected chi connectivity index (χ3v) is 3.58. The second-order valence-electron chi connectivity index (χ2n) is 4.37. The number of hydrogen-bond donors (Lipinski definition) is 2. The van der Waals surface area contributed by atoms with Crippen molar-refractivity contribution >= 4 is 21.9 Å². The molecule has 1 aromatic heterocycles. The van der Waals surface area contributed by atoms with Gasteiger partial charge < -0.3 is 15.8 Å². The third kappa shape index (κ3) is 3.29. The number of ether oxygens (including phenoxy) is 1. The van der Waals surface area contributed by atoms with Gasteiger partial charge in [-0.15, -0.1) is 0 Å². The van der Waals surface area contributed by atoms with E-state index in [0.29, 0.717) is 23.8 Å². The maximum absolute atomic E-state index is 5.87. The first kappa shape index (κ1) is 12.6. The molecule has 5 nitrogen and oxygen atoms in total. The van der Waals surface area contributed by atoms with E-state index in [2.05, 4.69) is 31.2 Å². The fourth-order valence-corrected chi connectivity index (χ4v) is 2.47. The molecule has 2 rings (SSSR count). The molecule has 94 valence electrons. The highest BCUT2D eigenvalue weighted by Crippen LogP contribution is 2.25. The van der Waals surface area contributed by atoms with Gasteiger partial charge in [0, 0.05) is 12.6 Å². The van der Waals surface area contributed by atoms with Crippen LogP contribution in [0.25, 0.3) is 0 Å². The zero-order chi connectivity index (χ0) is 12.3. The number of anilines is 1. The molecular formula is C11H17BrN4O. The minimum absolute atomic E-state index is 0.363. The van der Waals surface area contributed by atoms with Crippen LogP contribution in [0, 0.1) is 5.92 Å². The molecule has 1 heterocycles. The lowest BCUT2D eigenvalue weighted by Crippen LogP contribution is -2.18. The van der Waals surface area contributed by atoms with Gasteiger partial charge in [-0.05, 0) is 41.1 Å². The number of nitrogens with one attached hydrogen (secondary N) is 1. The van der Waals surface area contributed by atoms with E-state index in [1.807, 2.05) is 0 Å². The smallest absolute Gasteiger partial charge is 0.232 e. The van der Waals surface area contributed by atoms with Crippen LogP contribution in [0.1, 0.15) is 19.3 Å². The summed E-state index contributed by atoms with van der Waals surface area (Å²) in [5, 5.41) is 3.23. The number of halogens is 1. The molecule has 3 N–H and O–H groups in total. The number of methoxy groups -OCH3 is 1. The second kappa shape index (κ2) is 5.64. The van der Waals surface area contributed by atoms with Crippen molar-refractivity contribution in [3.63, 3.8) is 0 Å². The van der Waals surface area contributed by atoms with Gasteiger partial charge in [0.15, 0.2) is 0 Å². The molecular weight excluding hydrogens is 284 g/mol. The van der Waals surface area contributed by atoms with Crippen LogP contribution >= 0.6 is 15.9 Å². The van der Waals surface area contributed by atoms with Gasteiger partial charge in [-0.25, -0.2) is 4.98 Å². The van der Waals surface area contributed by atoms with E-state index in [0.717, 1.165) is 23.9 Å². The predicted molar refractivity (Wildman–Crippen MR) is 70.1 cm³/mol. The number of hydrogen-bond acceptors (Lipinski definition) is 5. The summed E-state index contributed by atoms with van der Waals surface area (Å²) >= 11 is 3.32. The Labute approximate surface area is 109 Å². The van der Waals surface area contributed by atoms with Crippen LogP contribution in [0.4, 0.5) is 5.95 Å². The van der Waals surface area contributed by atoms with Crippen molar-refractivity contribution in [1.29, 1.82) is 0 Å². The average molecular weight is 301 g/mol. The number of nitrogens with zero attached hydrogens (tertiary/aromatic N) is 2. The van der Waals surface area contributed by atoms with Crippen LogP contribution in [0.15, 0.2) is 10.7 Å². The standard InChI is InChI=1S/C11H17BrN4O/c1-17-10-9(12)6-15-11(16-10)14-5-7-2-3-8(13)4-7/h6-8H,2-5,13H2,1H3,(H,14,15,16). The normalized spacial score (nSPS) is 23.7. The topological polar surface area (TPSA) is 73.1 Å². The number of aromatic nitrogens is 2.